The Morgan fingerprint density at radius 3 is 2.38 bits per heavy atom. The molecule has 1 N–H and O–H groups in total. The molecular formula is C16H20BrN3O. The Bertz CT molecular complexity index is 620. The molecule has 1 aromatic heterocycles. The molecule has 0 aliphatic rings. The quantitative estimate of drug-likeness (QED) is 0.899. The molecule has 0 amide bonds. The van der Waals surface area contributed by atoms with Gasteiger partial charge in [-0.2, -0.15) is 0 Å². The number of rotatable bonds is 5. The molecule has 0 saturated carbocycles. The lowest BCUT2D eigenvalue weighted by Gasteiger charge is -2.11. The third-order valence-electron chi connectivity index (χ3n) is 3.46. The zero-order valence-corrected chi connectivity index (χ0v) is 14.4. The first-order valence-corrected chi connectivity index (χ1v) is 7.68. The number of aromatic nitrogens is 2. The number of nitrogens with one attached hydrogen (secondary N) is 1. The summed E-state index contributed by atoms with van der Waals surface area (Å²) in [5, 5.41) is 3.16. The SMILES string of the molecule is CNCCc1c(C)nc(-c2ccc(OC)c(Br)c2)nc1C. The molecule has 5 heteroatoms. The Balaban J connectivity index is 2.39. The van der Waals surface area contributed by atoms with Crippen molar-refractivity contribution in [2.24, 2.45) is 0 Å². The van der Waals surface area contributed by atoms with Gasteiger partial charge < -0.3 is 10.1 Å². The molecule has 2 rings (SSSR count). The van der Waals surface area contributed by atoms with Crippen LogP contribution < -0.4 is 10.1 Å². The molecule has 21 heavy (non-hydrogen) atoms. The van der Waals surface area contributed by atoms with Gasteiger partial charge in [0.05, 0.1) is 11.6 Å². The average molecular weight is 350 g/mol. The van der Waals surface area contributed by atoms with Crippen molar-refractivity contribution in [2.45, 2.75) is 20.3 Å². The molecular weight excluding hydrogens is 330 g/mol. The van der Waals surface area contributed by atoms with Crippen molar-refractivity contribution < 1.29 is 4.74 Å². The molecule has 0 atom stereocenters. The number of aryl methyl sites for hydroxylation is 2. The summed E-state index contributed by atoms with van der Waals surface area (Å²) in [6, 6.07) is 5.88. The minimum Gasteiger partial charge on any atom is -0.496 e. The van der Waals surface area contributed by atoms with Crippen molar-refractivity contribution in [1.82, 2.24) is 15.3 Å². The van der Waals surface area contributed by atoms with Gasteiger partial charge in [0.1, 0.15) is 5.75 Å². The summed E-state index contributed by atoms with van der Waals surface area (Å²) in [5.74, 6) is 1.55. The predicted molar refractivity (Wildman–Crippen MR) is 88.8 cm³/mol. The molecule has 0 bridgehead atoms. The summed E-state index contributed by atoms with van der Waals surface area (Å²) < 4.78 is 6.16. The molecule has 0 unspecified atom stereocenters. The summed E-state index contributed by atoms with van der Waals surface area (Å²) in [6.07, 6.45) is 0.945. The molecule has 0 radical (unpaired) electrons. The lowest BCUT2D eigenvalue weighted by molar-refractivity contribution is 0.412. The number of hydrogen-bond donors (Lipinski definition) is 1. The Morgan fingerprint density at radius 2 is 1.86 bits per heavy atom. The summed E-state index contributed by atoms with van der Waals surface area (Å²) in [7, 11) is 3.61. The maximum atomic E-state index is 5.25. The van der Waals surface area contributed by atoms with Gasteiger partial charge in [-0.25, -0.2) is 9.97 Å². The van der Waals surface area contributed by atoms with Crippen LogP contribution in [0.2, 0.25) is 0 Å². The molecule has 0 saturated heterocycles. The number of hydrogen-bond acceptors (Lipinski definition) is 4. The molecule has 0 aliphatic heterocycles. The van der Waals surface area contributed by atoms with Crippen LogP contribution in [0.15, 0.2) is 22.7 Å². The highest BCUT2D eigenvalue weighted by Gasteiger charge is 2.11. The predicted octanol–water partition coefficient (Wildman–Crippen LogP) is 3.29. The van der Waals surface area contributed by atoms with Crippen LogP contribution in [0.4, 0.5) is 0 Å². The highest BCUT2D eigenvalue weighted by molar-refractivity contribution is 9.10. The van der Waals surface area contributed by atoms with Crippen LogP contribution in [0.3, 0.4) is 0 Å². The summed E-state index contributed by atoms with van der Waals surface area (Å²) in [4.78, 5) is 9.31. The van der Waals surface area contributed by atoms with Gasteiger partial charge in [0.2, 0.25) is 0 Å². The average Bonchev–Trinajstić information content (AvgIpc) is 2.46. The van der Waals surface area contributed by atoms with Crippen LogP contribution in [0.25, 0.3) is 11.4 Å². The standard InChI is InChI=1S/C16H20BrN3O/c1-10-13(7-8-18-3)11(2)20-16(19-10)12-5-6-15(21-4)14(17)9-12/h5-6,9,18H,7-8H2,1-4H3. The van der Waals surface area contributed by atoms with E-state index in [4.69, 9.17) is 4.74 Å². The minimum atomic E-state index is 0.751. The van der Waals surface area contributed by atoms with E-state index in [1.807, 2.05) is 39.1 Å². The van der Waals surface area contributed by atoms with E-state index in [1.54, 1.807) is 7.11 Å². The van der Waals surface area contributed by atoms with Crippen LogP contribution in [-0.4, -0.2) is 30.7 Å². The number of methoxy groups -OCH3 is 1. The molecule has 0 aliphatic carbocycles. The third kappa shape index (κ3) is 3.60. The second-order valence-electron chi connectivity index (χ2n) is 4.90. The Labute approximate surface area is 134 Å². The third-order valence-corrected chi connectivity index (χ3v) is 4.08. The second-order valence-corrected chi connectivity index (χ2v) is 5.75. The zero-order chi connectivity index (χ0) is 15.4. The minimum absolute atomic E-state index is 0.751. The molecule has 112 valence electrons. The van der Waals surface area contributed by atoms with Crippen molar-refractivity contribution >= 4 is 15.9 Å². The van der Waals surface area contributed by atoms with Gasteiger partial charge in [-0.05, 0) is 73.6 Å². The Morgan fingerprint density at radius 1 is 1.19 bits per heavy atom. The first kappa shape index (κ1) is 15.9. The fraction of sp³-hybridized carbons (Fsp3) is 0.375. The van der Waals surface area contributed by atoms with E-state index in [0.29, 0.717) is 0 Å². The van der Waals surface area contributed by atoms with Crippen molar-refractivity contribution in [2.75, 3.05) is 20.7 Å². The van der Waals surface area contributed by atoms with E-state index < -0.39 is 0 Å². The van der Waals surface area contributed by atoms with Crippen molar-refractivity contribution in [3.63, 3.8) is 0 Å². The first-order chi connectivity index (χ1) is 10.1. The van der Waals surface area contributed by atoms with E-state index in [1.165, 1.54) is 5.56 Å². The fourth-order valence-electron chi connectivity index (χ4n) is 2.29. The van der Waals surface area contributed by atoms with Crippen LogP contribution in [0, 0.1) is 13.8 Å². The van der Waals surface area contributed by atoms with Gasteiger partial charge in [-0.1, -0.05) is 0 Å². The molecule has 0 fully saturated rings. The maximum absolute atomic E-state index is 5.25. The number of halogens is 1. The summed E-state index contributed by atoms with van der Waals surface area (Å²) in [6.45, 7) is 5.02. The number of benzene rings is 1. The van der Waals surface area contributed by atoms with E-state index in [2.05, 4.69) is 31.2 Å². The largest absolute Gasteiger partial charge is 0.496 e. The fourth-order valence-corrected chi connectivity index (χ4v) is 2.83. The topological polar surface area (TPSA) is 47.0 Å². The normalized spacial score (nSPS) is 10.7. The van der Waals surface area contributed by atoms with Crippen LogP contribution in [-0.2, 0) is 6.42 Å². The zero-order valence-electron chi connectivity index (χ0n) is 12.8. The van der Waals surface area contributed by atoms with E-state index in [0.717, 1.165) is 46.0 Å². The first-order valence-electron chi connectivity index (χ1n) is 6.89. The highest BCUT2D eigenvalue weighted by Crippen LogP contribution is 2.29. The van der Waals surface area contributed by atoms with Crippen LogP contribution in [0.5, 0.6) is 5.75 Å². The summed E-state index contributed by atoms with van der Waals surface area (Å²) in [5.41, 5.74) is 4.29. The maximum Gasteiger partial charge on any atom is 0.159 e. The second kappa shape index (κ2) is 7.00. The van der Waals surface area contributed by atoms with E-state index >= 15 is 0 Å². The van der Waals surface area contributed by atoms with Crippen LogP contribution >= 0.6 is 15.9 Å². The lowest BCUT2D eigenvalue weighted by atomic mass is 10.1. The number of ether oxygens (including phenoxy) is 1. The molecule has 4 nitrogen and oxygen atoms in total. The van der Waals surface area contributed by atoms with Gasteiger partial charge in [-0.15, -0.1) is 0 Å². The van der Waals surface area contributed by atoms with Gasteiger partial charge in [0, 0.05) is 17.0 Å². The van der Waals surface area contributed by atoms with Crippen molar-refractivity contribution in [3.05, 3.63) is 39.6 Å². The molecule has 1 heterocycles. The Hall–Kier alpha value is -1.46. The van der Waals surface area contributed by atoms with Crippen molar-refractivity contribution in [3.8, 4) is 17.1 Å². The smallest absolute Gasteiger partial charge is 0.159 e. The van der Waals surface area contributed by atoms with E-state index in [-0.39, 0.29) is 0 Å². The number of nitrogens with zero attached hydrogens (tertiary/aromatic N) is 2. The Kier molecular flexibility index (Phi) is 5.31. The number of likely N-dealkylation sites (N-methyl/N-ethyl adjacent to an activating group) is 1. The summed E-state index contributed by atoms with van der Waals surface area (Å²) >= 11 is 3.50. The van der Waals surface area contributed by atoms with Gasteiger partial charge >= 0.3 is 0 Å². The highest BCUT2D eigenvalue weighted by atomic mass is 79.9. The van der Waals surface area contributed by atoms with Gasteiger partial charge in [-0.3, -0.25) is 0 Å². The molecule has 2 aromatic rings. The van der Waals surface area contributed by atoms with Crippen molar-refractivity contribution in [1.29, 1.82) is 0 Å². The van der Waals surface area contributed by atoms with Gasteiger partial charge in [0.15, 0.2) is 5.82 Å². The van der Waals surface area contributed by atoms with E-state index in [9.17, 15) is 0 Å². The lowest BCUT2D eigenvalue weighted by Crippen LogP contribution is -2.13. The van der Waals surface area contributed by atoms with Gasteiger partial charge in [0.25, 0.3) is 0 Å². The van der Waals surface area contributed by atoms with Crippen LogP contribution in [0.1, 0.15) is 17.0 Å². The molecule has 0 spiro atoms. The molecule has 1 aromatic carbocycles. The monoisotopic (exact) mass is 349 g/mol.